The molecular weight excluding hydrogens is 402 g/mol. The third kappa shape index (κ3) is 2.78. The molecule has 3 aromatic rings. The van der Waals surface area contributed by atoms with Gasteiger partial charge >= 0.3 is 0 Å². The topological polar surface area (TPSA) is 85.6 Å². The fourth-order valence-electron chi connectivity index (χ4n) is 3.21. The summed E-state index contributed by atoms with van der Waals surface area (Å²) in [5.74, 6) is 4.64. The number of hydrogen-bond acceptors (Lipinski definition) is 6. The summed E-state index contributed by atoms with van der Waals surface area (Å²) in [4.78, 5) is 10.7. The van der Waals surface area contributed by atoms with Crippen molar-refractivity contribution < 1.29 is 4.21 Å². The summed E-state index contributed by atoms with van der Waals surface area (Å²) in [5.41, 5.74) is 7.17. The van der Waals surface area contributed by atoms with Gasteiger partial charge in [-0.15, -0.1) is 11.3 Å². The summed E-state index contributed by atoms with van der Waals surface area (Å²) < 4.78 is 14.2. The Balaban J connectivity index is 1.83. The Bertz CT molecular complexity index is 1190. The molecule has 2 atom stereocenters. The number of hydrogen-bond donors (Lipinski definition) is 1. The van der Waals surface area contributed by atoms with Crippen LogP contribution in [-0.4, -0.2) is 41.0 Å². The highest BCUT2D eigenvalue weighted by atomic mass is 35.5. The van der Waals surface area contributed by atoms with Gasteiger partial charge in [-0.2, -0.15) is 5.10 Å². The SMILES string of the molecule is C=S1(=O)C[C@@](C)(c2sc(-c3ccc4ncnn4c3)cc2Cl)N=C(N)C1(C)C. The predicted octanol–water partition coefficient (Wildman–Crippen LogP) is 3.19. The van der Waals surface area contributed by atoms with Gasteiger partial charge in [-0.25, -0.2) is 9.50 Å². The summed E-state index contributed by atoms with van der Waals surface area (Å²) >= 11 is 8.10. The lowest BCUT2D eigenvalue weighted by Crippen LogP contribution is -2.54. The van der Waals surface area contributed by atoms with Crippen molar-refractivity contribution in [3.63, 3.8) is 0 Å². The van der Waals surface area contributed by atoms with Gasteiger partial charge in [0.1, 0.15) is 17.7 Å². The van der Waals surface area contributed by atoms with Crippen LogP contribution >= 0.6 is 22.9 Å². The van der Waals surface area contributed by atoms with Gasteiger partial charge in [-0.3, -0.25) is 9.20 Å². The van der Waals surface area contributed by atoms with E-state index in [9.17, 15) is 4.21 Å². The van der Waals surface area contributed by atoms with E-state index in [1.165, 1.54) is 17.7 Å². The first-order chi connectivity index (χ1) is 12.5. The normalized spacial score (nSPS) is 27.6. The van der Waals surface area contributed by atoms with Crippen LogP contribution in [0.4, 0.5) is 0 Å². The molecular formula is C18H20ClN5OS2. The molecule has 6 nitrogen and oxygen atoms in total. The standard InChI is InChI=1S/C18H20ClN5OS2/c1-17(2)16(20)23-18(3,9-27(17,4)25)15-12(19)7-13(26-15)11-5-6-14-21-10-22-24(14)8-11/h5-8,10H,4,9H2,1-3H3,(H2,20,23)/t18-,27?/m0/s1. The van der Waals surface area contributed by atoms with Gasteiger partial charge in [-0.05, 0) is 54.4 Å². The molecule has 0 spiro atoms. The van der Waals surface area contributed by atoms with Crippen molar-refractivity contribution in [3.8, 4) is 10.4 Å². The highest BCUT2D eigenvalue weighted by Gasteiger charge is 2.46. The Hall–Kier alpha value is -1.90. The number of halogens is 1. The summed E-state index contributed by atoms with van der Waals surface area (Å²) in [6, 6.07) is 5.78. The van der Waals surface area contributed by atoms with Crippen molar-refractivity contribution in [2.24, 2.45) is 10.7 Å². The Morgan fingerprint density at radius 3 is 2.81 bits per heavy atom. The van der Waals surface area contributed by atoms with Crippen molar-refractivity contribution in [1.29, 1.82) is 0 Å². The molecule has 0 radical (unpaired) electrons. The van der Waals surface area contributed by atoms with Crippen molar-refractivity contribution in [2.45, 2.75) is 31.1 Å². The molecule has 142 valence electrons. The number of aromatic nitrogens is 3. The van der Waals surface area contributed by atoms with Crippen LogP contribution in [0.15, 0.2) is 35.7 Å². The monoisotopic (exact) mass is 421 g/mol. The van der Waals surface area contributed by atoms with E-state index in [4.69, 9.17) is 22.3 Å². The zero-order valence-electron chi connectivity index (χ0n) is 15.3. The number of nitrogens with two attached hydrogens (primary N) is 1. The van der Waals surface area contributed by atoms with Crippen LogP contribution in [0.25, 0.3) is 16.1 Å². The van der Waals surface area contributed by atoms with Gasteiger partial charge in [0, 0.05) is 22.4 Å². The quantitative estimate of drug-likeness (QED) is 0.644. The van der Waals surface area contributed by atoms with Crippen LogP contribution in [0, 0.1) is 0 Å². The minimum Gasteiger partial charge on any atom is -0.386 e. The Morgan fingerprint density at radius 2 is 2.11 bits per heavy atom. The molecule has 3 aromatic heterocycles. The minimum atomic E-state index is -2.49. The molecule has 1 unspecified atom stereocenters. The molecule has 0 aromatic carbocycles. The van der Waals surface area contributed by atoms with Crippen LogP contribution in [0.5, 0.6) is 0 Å². The van der Waals surface area contributed by atoms with Crippen molar-refractivity contribution in [1.82, 2.24) is 14.6 Å². The summed E-state index contributed by atoms with van der Waals surface area (Å²) in [5, 5.41) is 4.76. The van der Waals surface area contributed by atoms with Gasteiger partial charge in [0.05, 0.1) is 14.6 Å². The molecule has 0 saturated carbocycles. The zero-order valence-corrected chi connectivity index (χ0v) is 17.7. The van der Waals surface area contributed by atoms with E-state index in [0.717, 1.165) is 21.0 Å². The van der Waals surface area contributed by atoms with E-state index in [2.05, 4.69) is 16.0 Å². The van der Waals surface area contributed by atoms with E-state index < -0.39 is 19.8 Å². The molecule has 0 amide bonds. The Morgan fingerprint density at radius 1 is 1.37 bits per heavy atom. The zero-order chi connectivity index (χ0) is 19.6. The first kappa shape index (κ1) is 18.5. The second-order valence-corrected chi connectivity index (χ2v) is 11.9. The maximum atomic E-state index is 13.2. The van der Waals surface area contributed by atoms with Crippen LogP contribution in [0.3, 0.4) is 0 Å². The maximum Gasteiger partial charge on any atom is 0.155 e. The number of fused-ring (bicyclic) bond motifs is 1. The highest BCUT2D eigenvalue weighted by molar-refractivity contribution is 8.02. The molecule has 0 bridgehead atoms. The summed E-state index contributed by atoms with van der Waals surface area (Å²) in [6.07, 6.45) is 3.42. The predicted molar refractivity (Wildman–Crippen MR) is 114 cm³/mol. The minimum absolute atomic E-state index is 0.301. The molecule has 1 aliphatic heterocycles. The second-order valence-electron chi connectivity index (χ2n) is 7.51. The van der Waals surface area contributed by atoms with Gasteiger partial charge in [0.2, 0.25) is 0 Å². The lowest BCUT2D eigenvalue weighted by Gasteiger charge is -2.40. The van der Waals surface area contributed by atoms with E-state index in [1.807, 2.05) is 45.2 Å². The lowest BCUT2D eigenvalue weighted by atomic mass is 10.0. The lowest BCUT2D eigenvalue weighted by molar-refractivity contribution is 0.543. The van der Waals surface area contributed by atoms with Gasteiger partial charge in [-0.1, -0.05) is 11.6 Å². The fraction of sp³-hybridized carbons (Fsp3) is 0.333. The molecule has 0 saturated heterocycles. The van der Waals surface area contributed by atoms with E-state index in [0.29, 0.717) is 16.6 Å². The van der Waals surface area contributed by atoms with Crippen molar-refractivity contribution in [3.05, 3.63) is 40.6 Å². The molecule has 0 fully saturated rings. The third-order valence-electron chi connectivity index (χ3n) is 5.16. The number of pyridine rings is 1. The summed E-state index contributed by atoms with van der Waals surface area (Å²) in [7, 11) is -2.49. The van der Waals surface area contributed by atoms with Crippen molar-refractivity contribution in [2.75, 3.05) is 5.75 Å². The Kier molecular flexibility index (Phi) is 3.96. The average Bonchev–Trinajstić information content (AvgIpc) is 3.18. The van der Waals surface area contributed by atoms with Gasteiger partial charge < -0.3 is 5.73 Å². The molecule has 4 rings (SSSR count). The number of amidine groups is 1. The second kappa shape index (κ2) is 5.80. The molecule has 2 N–H and O–H groups in total. The molecule has 9 heteroatoms. The smallest absolute Gasteiger partial charge is 0.155 e. The maximum absolute atomic E-state index is 13.2. The van der Waals surface area contributed by atoms with Crippen molar-refractivity contribution >= 4 is 49.8 Å². The third-order valence-corrected chi connectivity index (χ3v) is 10.1. The largest absolute Gasteiger partial charge is 0.386 e. The molecule has 27 heavy (non-hydrogen) atoms. The first-order valence-electron chi connectivity index (χ1n) is 8.33. The number of nitrogens with zero attached hydrogens (tertiary/aromatic N) is 4. The van der Waals surface area contributed by atoms with Crippen LogP contribution in [0.2, 0.25) is 5.02 Å². The number of thiophene rings is 1. The molecule has 4 heterocycles. The number of rotatable bonds is 2. The first-order valence-corrected chi connectivity index (χ1v) is 11.4. The summed E-state index contributed by atoms with van der Waals surface area (Å²) in [6.45, 7) is 5.58. The van der Waals surface area contributed by atoms with Gasteiger partial charge in [0.15, 0.2) is 5.65 Å². The molecule has 0 aliphatic carbocycles. The average molecular weight is 422 g/mol. The highest BCUT2D eigenvalue weighted by Crippen LogP contribution is 2.45. The van der Waals surface area contributed by atoms with E-state index >= 15 is 0 Å². The van der Waals surface area contributed by atoms with Crippen LogP contribution in [-0.2, 0) is 15.1 Å². The van der Waals surface area contributed by atoms with E-state index in [1.54, 1.807) is 4.52 Å². The van der Waals surface area contributed by atoms with Crippen LogP contribution < -0.4 is 5.73 Å². The fourth-order valence-corrected chi connectivity index (χ4v) is 6.83. The molecule has 1 aliphatic rings. The Labute approximate surface area is 167 Å². The number of aliphatic imine (C=N–C) groups is 1. The van der Waals surface area contributed by atoms with E-state index in [-0.39, 0.29) is 0 Å². The van der Waals surface area contributed by atoms with Gasteiger partial charge in [0.25, 0.3) is 0 Å². The van der Waals surface area contributed by atoms with Crippen LogP contribution in [0.1, 0.15) is 25.6 Å².